The Hall–Kier alpha value is -0.930. The van der Waals surface area contributed by atoms with Crippen molar-refractivity contribution in [2.45, 2.75) is 25.8 Å². The molecule has 0 saturated heterocycles. The number of benzene rings is 1. The van der Waals surface area contributed by atoms with E-state index in [9.17, 15) is 0 Å². The Morgan fingerprint density at radius 3 is 2.44 bits per heavy atom. The molecule has 3 nitrogen and oxygen atoms in total. The van der Waals surface area contributed by atoms with E-state index >= 15 is 0 Å². The summed E-state index contributed by atoms with van der Waals surface area (Å²) in [6.07, 6.45) is 0.824. The van der Waals surface area contributed by atoms with Crippen molar-refractivity contribution in [3.63, 3.8) is 0 Å². The first-order chi connectivity index (χ1) is 7.01. The van der Waals surface area contributed by atoms with Crippen molar-refractivity contribution in [1.82, 2.24) is 0 Å². The summed E-state index contributed by atoms with van der Waals surface area (Å²) in [7, 11) is 1.64. The molecule has 92 valence electrons. The quantitative estimate of drug-likeness (QED) is 0.867. The molecular formula is C12H20ClNO2. The third kappa shape index (κ3) is 5.83. The molecular weight excluding hydrogens is 226 g/mol. The van der Waals surface area contributed by atoms with E-state index in [4.69, 9.17) is 15.2 Å². The van der Waals surface area contributed by atoms with Gasteiger partial charge in [0.25, 0.3) is 0 Å². The number of hydrogen-bond donors (Lipinski definition) is 1. The van der Waals surface area contributed by atoms with Crippen LogP contribution in [0.15, 0.2) is 24.3 Å². The van der Waals surface area contributed by atoms with E-state index in [1.165, 1.54) is 0 Å². The minimum absolute atomic E-state index is 0. The van der Waals surface area contributed by atoms with E-state index in [0.717, 1.165) is 17.9 Å². The normalized spacial score (nSPS) is 10.5. The third-order valence-electron chi connectivity index (χ3n) is 2.06. The standard InChI is InChI=1S/C12H19NO2.ClH/c1-12(2,13)7-8-15-11-6-4-5-10(9-11)14-3;/h4-6,9H,7-8,13H2,1-3H3;1H. The van der Waals surface area contributed by atoms with Crippen LogP contribution >= 0.6 is 12.4 Å². The zero-order chi connectivity index (χ0) is 11.3. The lowest BCUT2D eigenvalue weighted by Crippen LogP contribution is -2.33. The number of methoxy groups -OCH3 is 1. The topological polar surface area (TPSA) is 44.5 Å². The van der Waals surface area contributed by atoms with E-state index in [-0.39, 0.29) is 17.9 Å². The lowest BCUT2D eigenvalue weighted by atomic mass is 10.0. The number of rotatable bonds is 5. The molecule has 0 aliphatic heterocycles. The Kier molecular flexibility index (Phi) is 6.22. The first kappa shape index (κ1) is 15.1. The van der Waals surface area contributed by atoms with Gasteiger partial charge in [0.05, 0.1) is 13.7 Å². The van der Waals surface area contributed by atoms with Crippen LogP contribution in [0.4, 0.5) is 0 Å². The molecule has 1 aromatic carbocycles. The van der Waals surface area contributed by atoms with Crippen LogP contribution in [0.3, 0.4) is 0 Å². The summed E-state index contributed by atoms with van der Waals surface area (Å²) in [5.41, 5.74) is 5.67. The third-order valence-corrected chi connectivity index (χ3v) is 2.06. The first-order valence-corrected chi connectivity index (χ1v) is 5.07. The van der Waals surface area contributed by atoms with Crippen LogP contribution in [-0.2, 0) is 0 Å². The van der Waals surface area contributed by atoms with Crippen molar-refractivity contribution in [2.75, 3.05) is 13.7 Å². The Balaban J connectivity index is 0.00000225. The van der Waals surface area contributed by atoms with Gasteiger partial charge >= 0.3 is 0 Å². The van der Waals surface area contributed by atoms with Gasteiger partial charge in [-0.05, 0) is 32.4 Å². The summed E-state index contributed by atoms with van der Waals surface area (Å²) < 4.78 is 10.7. The van der Waals surface area contributed by atoms with Crippen LogP contribution in [0, 0.1) is 0 Å². The van der Waals surface area contributed by atoms with Gasteiger partial charge in [0.2, 0.25) is 0 Å². The molecule has 1 rings (SSSR count). The number of nitrogens with two attached hydrogens (primary N) is 1. The second kappa shape index (κ2) is 6.61. The van der Waals surface area contributed by atoms with E-state index in [1.54, 1.807) is 7.11 Å². The molecule has 0 aliphatic carbocycles. The number of halogens is 1. The fourth-order valence-corrected chi connectivity index (χ4v) is 1.12. The highest BCUT2D eigenvalue weighted by Gasteiger charge is 2.10. The zero-order valence-corrected chi connectivity index (χ0v) is 10.8. The second-order valence-electron chi connectivity index (χ2n) is 4.27. The molecule has 0 saturated carbocycles. The SMILES string of the molecule is COc1cccc(OCCC(C)(C)N)c1.Cl. The van der Waals surface area contributed by atoms with Crippen molar-refractivity contribution in [3.05, 3.63) is 24.3 Å². The van der Waals surface area contributed by atoms with Gasteiger partial charge in [-0.3, -0.25) is 0 Å². The summed E-state index contributed by atoms with van der Waals surface area (Å²) in [5, 5.41) is 0. The van der Waals surface area contributed by atoms with Gasteiger partial charge < -0.3 is 15.2 Å². The van der Waals surface area contributed by atoms with Crippen LogP contribution in [0.2, 0.25) is 0 Å². The van der Waals surface area contributed by atoms with Gasteiger partial charge in [0.15, 0.2) is 0 Å². The van der Waals surface area contributed by atoms with Crippen molar-refractivity contribution in [3.8, 4) is 11.5 Å². The van der Waals surface area contributed by atoms with Gasteiger partial charge in [0.1, 0.15) is 11.5 Å². The van der Waals surface area contributed by atoms with Crippen molar-refractivity contribution < 1.29 is 9.47 Å². The van der Waals surface area contributed by atoms with Crippen LogP contribution in [-0.4, -0.2) is 19.3 Å². The van der Waals surface area contributed by atoms with Crippen LogP contribution < -0.4 is 15.2 Å². The smallest absolute Gasteiger partial charge is 0.122 e. The lowest BCUT2D eigenvalue weighted by molar-refractivity contribution is 0.273. The zero-order valence-electron chi connectivity index (χ0n) is 10.0. The highest BCUT2D eigenvalue weighted by Crippen LogP contribution is 2.19. The van der Waals surface area contributed by atoms with Gasteiger partial charge in [-0.15, -0.1) is 12.4 Å². The number of hydrogen-bond acceptors (Lipinski definition) is 3. The van der Waals surface area contributed by atoms with Crippen LogP contribution in [0.25, 0.3) is 0 Å². The molecule has 0 aliphatic rings. The van der Waals surface area contributed by atoms with Crippen LogP contribution in [0.1, 0.15) is 20.3 Å². The average Bonchev–Trinajstić information content (AvgIpc) is 2.16. The maximum atomic E-state index is 5.85. The lowest BCUT2D eigenvalue weighted by Gasteiger charge is -2.18. The minimum Gasteiger partial charge on any atom is -0.497 e. The first-order valence-electron chi connectivity index (χ1n) is 5.07. The van der Waals surface area contributed by atoms with Gasteiger partial charge in [-0.25, -0.2) is 0 Å². The largest absolute Gasteiger partial charge is 0.497 e. The molecule has 0 radical (unpaired) electrons. The van der Waals surface area contributed by atoms with E-state index < -0.39 is 0 Å². The summed E-state index contributed by atoms with van der Waals surface area (Å²) in [4.78, 5) is 0. The second-order valence-corrected chi connectivity index (χ2v) is 4.27. The Labute approximate surface area is 103 Å². The van der Waals surface area contributed by atoms with Crippen molar-refractivity contribution >= 4 is 12.4 Å². The predicted octanol–water partition coefficient (Wildman–Crippen LogP) is 2.62. The molecule has 0 atom stereocenters. The molecule has 0 spiro atoms. The molecule has 4 heteroatoms. The average molecular weight is 246 g/mol. The highest BCUT2D eigenvalue weighted by atomic mass is 35.5. The Morgan fingerprint density at radius 1 is 1.25 bits per heavy atom. The predicted molar refractivity (Wildman–Crippen MR) is 68.6 cm³/mol. The molecule has 0 fully saturated rings. The minimum atomic E-state index is -0.182. The molecule has 2 N–H and O–H groups in total. The fraction of sp³-hybridized carbons (Fsp3) is 0.500. The molecule has 0 amide bonds. The van der Waals surface area contributed by atoms with E-state index in [1.807, 2.05) is 38.1 Å². The molecule has 0 unspecified atom stereocenters. The molecule has 0 bridgehead atoms. The summed E-state index contributed by atoms with van der Waals surface area (Å²) in [5.74, 6) is 1.62. The van der Waals surface area contributed by atoms with Crippen molar-refractivity contribution in [2.24, 2.45) is 5.73 Å². The molecule has 0 heterocycles. The monoisotopic (exact) mass is 245 g/mol. The summed E-state index contributed by atoms with van der Waals surface area (Å²) in [6, 6.07) is 7.57. The summed E-state index contributed by atoms with van der Waals surface area (Å²) >= 11 is 0. The maximum Gasteiger partial charge on any atom is 0.122 e. The summed E-state index contributed by atoms with van der Waals surface area (Å²) in [6.45, 7) is 4.60. The molecule has 1 aromatic rings. The van der Waals surface area contributed by atoms with Gasteiger partial charge in [0, 0.05) is 11.6 Å². The Morgan fingerprint density at radius 2 is 1.88 bits per heavy atom. The van der Waals surface area contributed by atoms with E-state index in [2.05, 4.69) is 0 Å². The van der Waals surface area contributed by atoms with Crippen LogP contribution in [0.5, 0.6) is 11.5 Å². The molecule has 16 heavy (non-hydrogen) atoms. The molecule has 0 aromatic heterocycles. The van der Waals surface area contributed by atoms with Gasteiger partial charge in [-0.1, -0.05) is 6.07 Å². The fourth-order valence-electron chi connectivity index (χ4n) is 1.12. The Bertz CT molecular complexity index is 310. The van der Waals surface area contributed by atoms with Crippen molar-refractivity contribution in [1.29, 1.82) is 0 Å². The number of ether oxygens (including phenoxy) is 2. The maximum absolute atomic E-state index is 5.85. The highest BCUT2D eigenvalue weighted by molar-refractivity contribution is 5.85. The van der Waals surface area contributed by atoms with E-state index in [0.29, 0.717) is 6.61 Å². The van der Waals surface area contributed by atoms with Gasteiger partial charge in [-0.2, -0.15) is 0 Å².